The number of hydrogen-bond donors (Lipinski definition) is 1. The molecule has 0 aliphatic carbocycles. The predicted molar refractivity (Wildman–Crippen MR) is 80.9 cm³/mol. The van der Waals surface area contributed by atoms with Crippen LogP contribution in [-0.4, -0.2) is 11.7 Å². The summed E-state index contributed by atoms with van der Waals surface area (Å²) in [6.45, 7) is 0.168. The van der Waals surface area contributed by atoms with Crippen LogP contribution in [0.25, 0.3) is 0 Å². The van der Waals surface area contributed by atoms with Gasteiger partial charge in [0.2, 0.25) is 0 Å². The molecule has 0 radical (unpaired) electrons. The van der Waals surface area contributed by atoms with E-state index in [2.05, 4.69) is 11.8 Å². The van der Waals surface area contributed by atoms with Gasteiger partial charge in [-0.3, -0.25) is 0 Å². The molecule has 21 heavy (non-hydrogen) atoms. The molecule has 2 aromatic rings. The van der Waals surface area contributed by atoms with Gasteiger partial charge in [-0.25, -0.2) is 0 Å². The number of aliphatic hydroxyl groups is 1. The SMILES string of the molecule is N#Cc1ccc(COc2ccc(C#CCO)cc2)c(Cl)c1. The molecular weight excluding hydrogens is 286 g/mol. The quantitative estimate of drug-likeness (QED) is 0.886. The lowest BCUT2D eigenvalue weighted by Crippen LogP contribution is -1.96. The summed E-state index contributed by atoms with van der Waals surface area (Å²) >= 11 is 6.08. The summed E-state index contributed by atoms with van der Waals surface area (Å²) in [6, 6.07) is 14.4. The number of halogens is 1. The molecule has 0 fully saturated rings. The van der Waals surface area contributed by atoms with Crippen LogP contribution in [0.3, 0.4) is 0 Å². The van der Waals surface area contributed by atoms with Gasteiger partial charge in [-0.2, -0.15) is 5.26 Å². The minimum absolute atomic E-state index is 0.157. The van der Waals surface area contributed by atoms with Gasteiger partial charge in [0.15, 0.2) is 0 Å². The van der Waals surface area contributed by atoms with Crippen molar-refractivity contribution in [2.45, 2.75) is 6.61 Å². The Morgan fingerprint density at radius 1 is 1.10 bits per heavy atom. The Labute approximate surface area is 128 Å². The molecule has 0 aliphatic rings. The molecule has 0 saturated heterocycles. The van der Waals surface area contributed by atoms with Gasteiger partial charge in [0.1, 0.15) is 19.0 Å². The van der Waals surface area contributed by atoms with E-state index in [0.717, 1.165) is 11.1 Å². The number of ether oxygens (including phenoxy) is 1. The van der Waals surface area contributed by atoms with E-state index in [4.69, 9.17) is 26.7 Å². The molecule has 0 aromatic heterocycles. The molecule has 4 heteroatoms. The zero-order chi connectivity index (χ0) is 15.1. The molecule has 1 N–H and O–H groups in total. The van der Waals surface area contributed by atoms with Crippen molar-refractivity contribution >= 4 is 11.6 Å². The van der Waals surface area contributed by atoms with Gasteiger partial charge in [0.25, 0.3) is 0 Å². The van der Waals surface area contributed by atoms with Gasteiger partial charge in [-0.05, 0) is 36.4 Å². The highest BCUT2D eigenvalue weighted by Gasteiger charge is 2.03. The van der Waals surface area contributed by atoms with Crippen LogP contribution in [0.5, 0.6) is 5.75 Å². The first-order chi connectivity index (χ1) is 10.2. The van der Waals surface area contributed by atoms with E-state index in [1.165, 1.54) is 0 Å². The highest BCUT2D eigenvalue weighted by Crippen LogP contribution is 2.20. The lowest BCUT2D eigenvalue weighted by molar-refractivity contribution is 0.306. The third-order valence-electron chi connectivity index (χ3n) is 2.74. The van der Waals surface area contributed by atoms with E-state index < -0.39 is 0 Å². The van der Waals surface area contributed by atoms with Crippen molar-refractivity contribution in [1.29, 1.82) is 5.26 Å². The van der Waals surface area contributed by atoms with Crippen molar-refractivity contribution < 1.29 is 9.84 Å². The number of hydrogen-bond acceptors (Lipinski definition) is 3. The fourth-order valence-corrected chi connectivity index (χ4v) is 1.91. The normalized spacial score (nSPS) is 9.38. The minimum atomic E-state index is -0.157. The molecule has 0 atom stereocenters. The van der Waals surface area contributed by atoms with Crippen molar-refractivity contribution in [3.63, 3.8) is 0 Å². The maximum Gasteiger partial charge on any atom is 0.119 e. The Bertz CT molecular complexity index is 721. The van der Waals surface area contributed by atoms with E-state index in [-0.39, 0.29) is 6.61 Å². The van der Waals surface area contributed by atoms with Crippen molar-refractivity contribution in [3.05, 3.63) is 64.2 Å². The fraction of sp³-hybridized carbons (Fsp3) is 0.118. The molecule has 0 heterocycles. The predicted octanol–water partition coefficient (Wildman–Crippen LogP) is 3.13. The van der Waals surface area contributed by atoms with Crippen LogP contribution < -0.4 is 4.74 Å². The van der Waals surface area contributed by atoms with Gasteiger partial charge >= 0.3 is 0 Å². The summed E-state index contributed by atoms with van der Waals surface area (Å²) in [5.41, 5.74) is 2.16. The average molecular weight is 298 g/mol. The summed E-state index contributed by atoms with van der Waals surface area (Å²) in [5, 5.41) is 17.9. The van der Waals surface area contributed by atoms with Crippen LogP contribution in [0.15, 0.2) is 42.5 Å². The average Bonchev–Trinajstić information content (AvgIpc) is 2.52. The van der Waals surface area contributed by atoms with Gasteiger partial charge in [-0.1, -0.05) is 29.5 Å². The van der Waals surface area contributed by atoms with Gasteiger partial charge in [0.05, 0.1) is 11.6 Å². The molecule has 3 nitrogen and oxygen atoms in total. The van der Waals surface area contributed by atoms with E-state index in [9.17, 15) is 0 Å². The Morgan fingerprint density at radius 2 is 1.81 bits per heavy atom. The fourth-order valence-electron chi connectivity index (χ4n) is 1.67. The Balaban J connectivity index is 2.01. The first kappa shape index (κ1) is 14.9. The van der Waals surface area contributed by atoms with Crippen LogP contribution >= 0.6 is 11.6 Å². The molecule has 0 saturated carbocycles. The monoisotopic (exact) mass is 297 g/mol. The van der Waals surface area contributed by atoms with Gasteiger partial charge in [-0.15, -0.1) is 0 Å². The van der Waals surface area contributed by atoms with Crippen molar-refractivity contribution in [3.8, 4) is 23.7 Å². The Hall–Kier alpha value is -2.46. The summed E-state index contributed by atoms with van der Waals surface area (Å²) in [7, 11) is 0. The summed E-state index contributed by atoms with van der Waals surface area (Å²) in [6.07, 6.45) is 0. The second-order valence-corrected chi connectivity index (χ2v) is 4.60. The lowest BCUT2D eigenvalue weighted by atomic mass is 10.1. The zero-order valence-corrected chi connectivity index (χ0v) is 11.9. The van der Waals surface area contributed by atoms with Crippen LogP contribution in [0, 0.1) is 23.2 Å². The molecule has 0 bridgehead atoms. The Kier molecular flexibility index (Phi) is 5.23. The van der Waals surface area contributed by atoms with E-state index in [0.29, 0.717) is 22.9 Å². The molecule has 104 valence electrons. The smallest absolute Gasteiger partial charge is 0.119 e. The number of nitriles is 1. The minimum Gasteiger partial charge on any atom is -0.489 e. The Morgan fingerprint density at radius 3 is 2.43 bits per heavy atom. The van der Waals surface area contributed by atoms with Crippen molar-refractivity contribution in [2.75, 3.05) is 6.61 Å². The largest absolute Gasteiger partial charge is 0.489 e. The van der Waals surface area contributed by atoms with Gasteiger partial charge in [0, 0.05) is 16.1 Å². The van der Waals surface area contributed by atoms with Gasteiger partial charge < -0.3 is 9.84 Å². The molecule has 0 unspecified atom stereocenters. The third-order valence-corrected chi connectivity index (χ3v) is 3.09. The highest BCUT2D eigenvalue weighted by atomic mass is 35.5. The second-order valence-electron chi connectivity index (χ2n) is 4.19. The maximum absolute atomic E-state index is 8.78. The van der Waals surface area contributed by atoms with E-state index >= 15 is 0 Å². The number of rotatable bonds is 3. The second kappa shape index (κ2) is 7.36. The number of benzene rings is 2. The molecule has 0 aliphatic heterocycles. The number of nitrogens with zero attached hydrogens (tertiary/aromatic N) is 1. The lowest BCUT2D eigenvalue weighted by Gasteiger charge is -2.08. The first-order valence-electron chi connectivity index (χ1n) is 6.24. The number of aliphatic hydroxyl groups excluding tert-OH is 1. The molecule has 2 aromatic carbocycles. The summed E-state index contributed by atoms with van der Waals surface area (Å²) < 4.78 is 5.64. The maximum atomic E-state index is 8.78. The van der Waals surface area contributed by atoms with E-state index in [1.54, 1.807) is 30.3 Å². The van der Waals surface area contributed by atoms with Crippen LogP contribution in [0.1, 0.15) is 16.7 Å². The van der Waals surface area contributed by atoms with Crippen LogP contribution in [-0.2, 0) is 6.61 Å². The molecule has 0 spiro atoms. The molecule has 0 amide bonds. The summed E-state index contributed by atoms with van der Waals surface area (Å²) in [4.78, 5) is 0. The zero-order valence-electron chi connectivity index (χ0n) is 11.1. The van der Waals surface area contributed by atoms with Crippen molar-refractivity contribution in [1.82, 2.24) is 0 Å². The van der Waals surface area contributed by atoms with Crippen molar-refractivity contribution in [2.24, 2.45) is 0 Å². The highest BCUT2D eigenvalue weighted by molar-refractivity contribution is 6.31. The first-order valence-corrected chi connectivity index (χ1v) is 6.62. The topological polar surface area (TPSA) is 53.2 Å². The molecular formula is C17H12ClNO2. The van der Waals surface area contributed by atoms with Crippen LogP contribution in [0.2, 0.25) is 5.02 Å². The molecule has 2 rings (SSSR count). The third kappa shape index (κ3) is 4.26. The summed E-state index contributed by atoms with van der Waals surface area (Å²) in [5.74, 6) is 6.09. The van der Waals surface area contributed by atoms with E-state index in [1.807, 2.05) is 18.2 Å². The van der Waals surface area contributed by atoms with Crippen LogP contribution in [0.4, 0.5) is 0 Å². The standard InChI is InChI=1S/C17H12ClNO2/c18-17-10-14(11-19)3-6-15(17)12-21-16-7-4-13(5-8-16)2-1-9-20/h3-8,10,20H,9,12H2.